The second-order valence-corrected chi connectivity index (χ2v) is 5.17. The van der Waals surface area contributed by atoms with Crippen LogP contribution in [-0.2, 0) is 11.3 Å². The Bertz CT molecular complexity index is 376. The second kappa shape index (κ2) is 5.32. The lowest BCUT2D eigenvalue weighted by atomic mass is 9.94. The van der Waals surface area contributed by atoms with Crippen molar-refractivity contribution in [3.8, 4) is 0 Å². The number of nitrogens with zero attached hydrogens (tertiary/aromatic N) is 1. The van der Waals surface area contributed by atoms with E-state index in [0.29, 0.717) is 13.1 Å². The van der Waals surface area contributed by atoms with Gasteiger partial charge in [-0.05, 0) is 24.6 Å². The predicted molar refractivity (Wildman–Crippen MR) is 71.8 cm³/mol. The first-order chi connectivity index (χ1) is 7.90. The van der Waals surface area contributed by atoms with Gasteiger partial charge in [-0.15, -0.1) is 0 Å². The monoisotopic (exact) mass is 234 g/mol. The molecule has 0 fully saturated rings. The summed E-state index contributed by atoms with van der Waals surface area (Å²) in [7, 11) is 0. The fraction of sp³-hybridized carbons (Fsp3) is 0.500. The minimum atomic E-state index is -0.359. The maximum absolute atomic E-state index is 12.3. The molecule has 94 valence electrons. The third-order valence-electron chi connectivity index (χ3n) is 2.69. The van der Waals surface area contributed by atoms with E-state index in [0.717, 1.165) is 11.3 Å². The molecule has 1 rings (SSSR count). The van der Waals surface area contributed by atoms with Gasteiger partial charge in [-0.3, -0.25) is 4.79 Å². The first-order valence-corrected chi connectivity index (χ1v) is 6.01. The summed E-state index contributed by atoms with van der Waals surface area (Å²) in [4.78, 5) is 14.1. The molecule has 0 saturated heterocycles. The van der Waals surface area contributed by atoms with Gasteiger partial charge in [0.15, 0.2) is 0 Å². The van der Waals surface area contributed by atoms with E-state index in [4.69, 9.17) is 5.73 Å². The molecule has 0 aliphatic rings. The molecule has 0 spiro atoms. The van der Waals surface area contributed by atoms with Crippen LogP contribution in [-0.4, -0.2) is 12.5 Å². The molecule has 0 radical (unpaired) electrons. The van der Waals surface area contributed by atoms with Crippen LogP contribution in [0.3, 0.4) is 0 Å². The summed E-state index contributed by atoms with van der Waals surface area (Å²) in [6.07, 6.45) is 0. The third kappa shape index (κ3) is 3.30. The Balaban J connectivity index is 2.97. The number of hydrogen-bond acceptors (Lipinski definition) is 2. The Hall–Kier alpha value is -1.35. The topological polar surface area (TPSA) is 46.3 Å². The number of nitrogens with two attached hydrogens (primary N) is 1. The van der Waals surface area contributed by atoms with Gasteiger partial charge in [-0.1, -0.05) is 32.9 Å². The van der Waals surface area contributed by atoms with Crippen molar-refractivity contribution in [2.75, 3.05) is 11.4 Å². The first-order valence-electron chi connectivity index (χ1n) is 6.01. The van der Waals surface area contributed by atoms with E-state index in [1.165, 1.54) is 0 Å². The number of benzene rings is 1. The summed E-state index contributed by atoms with van der Waals surface area (Å²) in [5.41, 5.74) is 7.21. The molecule has 0 heterocycles. The van der Waals surface area contributed by atoms with Crippen molar-refractivity contribution in [1.82, 2.24) is 0 Å². The molecule has 0 saturated carbocycles. The van der Waals surface area contributed by atoms with Crippen LogP contribution >= 0.6 is 0 Å². The Morgan fingerprint density at radius 3 is 2.12 bits per heavy atom. The van der Waals surface area contributed by atoms with E-state index in [1.807, 2.05) is 52.0 Å². The maximum atomic E-state index is 12.3. The minimum Gasteiger partial charge on any atom is -0.326 e. The van der Waals surface area contributed by atoms with Crippen molar-refractivity contribution in [3.05, 3.63) is 29.8 Å². The van der Waals surface area contributed by atoms with E-state index in [9.17, 15) is 4.79 Å². The summed E-state index contributed by atoms with van der Waals surface area (Å²) in [6.45, 7) is 9.00. The van der Waals surface area contributed by atoms with Crippen molar-refractivity contribution < 1.29 is 4.79 Å². The van der Waals surface area contributed by atoms with Crippen LogP contribution in [0.1, 0.15) is 33.3 Å². The second-order valence-electron chi connectivity index (χ2n) is 5.17. The molecule has 2 N–H and O–H groups in total. The average Bonchev–Trinajstić information content (AvgIpc) is 2.29. The number of hydrogen-bond donors (Lipinski definition) is 1. The van der Waals surface area contributed by atoms with Crippen LogP contribution in [0.25, 0.3) is 0 Å². The van der Waals surface area contributed by atoms with Gasteiger partial charge in [-0.25, -0.2) is 0 Å². The van der Waals surface area contributed by atoms with Gasteiger partial charge in [0, 0.05) is 24.2 Å². The lowest BCUT2D eigenvalue weighted by Gasteiger charge is -2.28. The molecule has 3 heteroatoms. The van der Waals surface area contributed by atoms with Gasteiger partial charge in [0.2, 0.25) is 5.91 Å². The normalized spacial score (nSPS) is 11.4. The molecule has 0 aliphatic heterocycles. The Labute approximate surface area is 104 Å². The van der Waals surface area contributed by atoms with E-state index in [-0.39, 0.29) is 11.3 Å². The standard InChI is InChI=1S/C14H22N2O/c1-5-16(13(17)14(2,3)4)12-8-6-11(10-15)7-9-12/h6-9H,5,10,15H2,1-4H3. The summed E-state index contributed by atoms with van der Waals surface area (Å²) >= 11 is 0. The van der Waals surface area contributed by atoms with Crippen LogP contribution in [0.15, 0.2) is 24.3 Å². The van der Waals surface area contributed by atoms with E-state index < -0.39 is 0 Å². The quantitative estimate of drug-likeness (QED) is 0.873. The van der Waals surface area contributed by atoms with Gasteiger partial charge >= 0.3 is 0 Å². The van der Waals surface area contributed by atoms with Crippen LogP contribution in [0, 0.1) is 5.41 Å². The number of rotatable bonds is 3. The zero-order valence-electron chi connectivity index (χ0n) is 11.2. The van der Waals surface area contributed by atoms with Gasteiger partial charge < -0.3 is 10.6 Å². The minimum absolute atomic E-state index is 0.139. The molecule has 0 aromatic heterocycles. The molecule has 17 heavy (non-hydrogen) atoms. The Morgan fingerprint density at radius 1 is 1.24 bits per heavy atom. The van der Waals surface area contributed by atoms with Crippen molar-refractivity contribution in [2.45, 2.75) is 34.2 Å². The average molecular weight is 234 g/mol. The summed E-state index contributed by atoms with van der Waals surface area (Å²) < 4.78 is 0. The maximum Gasteiger partial charge on any atom is 0.232 e. The highest BCUT2D eigenvalue weighted by atomic mass is 16.2. The van der Waals surface area contributed by atoms with Gasteiger partial charge in [0.05, 0.1) is 0 Å². The smallest absolute Gasteiger partial charge is 0.232 e. The number of anilines is 1. The van der Waals surface area contributed by atoms with E-state index >= 15 is 0 Å². The number of carbonyl (C=O) groups is 1. The van der Waals surface area contributed by atoms with Crippen LogP contribution in [0.5, 0.6) is 0 Å². The highest BCUT2D eigenvalue weighted by Gasteiger charge is 2.27. The summed E-state index contributed by atoms with van der Waals surface area (Å²) in [6, 6.07) is 7.84. The zero-order valence-corrected chi connectivity index (χ0v) is 11.2. The molecular formula is C14H22N2O. The van der Waals surface area contributed by atoms with Crippen LogP contribution in [0.4, 0.5) is 5.69 Å². The van der Waals surface area contributed by atoms with E-state index in [2.05, 4.69) is 0 Å². The van der Waals surface area contributed by atoms with Gasteiger partial charge in [-0.2, -0.15) is 0 Å². The Morgan fingerprint density at radius 2 is 1.76 bits per heavy atom. The fourth-order valence-corrected chi connectivity index (χ4v) is 1.66. The van der Waals surface area contributed by atoms with Gasteiger partial charge in [0.1, 0.15) is 0 Å². The molecule has 0 bridgehead atoms. The van der Waals surface area contributed by atoms with Crippen molar-refractivity contribution >= 4 is 11.6 Å². The molecule has 3 nitrogen and oxygen atoms in total. The fourth-order valence-electron chi connectivity index (χ4n) is 1.66. The van der Waals surface area contributed by atoms with E-state index in [1.54, 1.807) is 4.90 Å². The largest absolute Gasteiger partial charge is 0.326 e. The predicted octanol–water partition coefficient (Wildman–Crippen LogP) is 2.54. The summed E-state index contributed by atoms with van der Waals surface area (Å²) in [5, 5.41) is 0. The molecule has 1 amide bonds. The lowest BCUT2D eigenvalue weighted by molar-refractivity contribution is -0.125. The SMILES string of the molecule is CCN(C(=O)C(C)(C)C)c1ccc(CN)cc1. The first kappa shape index (κ1) is 13.7. The van der Waals surface area contributed by atoms with Crippen molar-refractivity contribution in [2.24, 2.45) is 11.1 Å². The van der Waals surface area contributed by atoms with Crippen molar-refractivity contribution in [1.29, 1.82) is 0 Å². The number of amides is 1. The summed E-state index contributed by atoms with van der Waals surface area (Å²) in [5.74, 6) is 0.139. The van der Waals surface area contributed by atoms with Crippen molar-refractivity contribution in [3.63, 3.8) is 0 Å². The third-order valence-corrected chi connectivity index (χ3v) is 2.69. The molecule has 1 aromatic carbocycles. The lowest BCUT2D eigenvalue weighted by Crippen LogP contribution is -2.39. The molecular weight excluding hydrogens is 212 g/mol. The molecule has 0 atom stereocenters. The number of carbonyl (C=O) groups excluding carboxylic acids is 1. The molecule has 0 aliphatic carbocycles. The van der Waals surface area contributed by atoms with Crippen LogP contribution < -0.4 is 10.6 Å². The zero-order chi connectivity index (χ0) is 13.1. The van der Waals surface area contributed by atoms with Gasteiger partial charge in [0.25, 0.3) is 0 Å². The highest BCUT2D eigenvalue weighted by Crippen LogP contribution is 2.23. The van der Waals surface area contributed by atoms with Crippen LogP contribution in [0.2, 0.25) is 0 Å². The Kier molecular flexibility index (Phi) is 4.29. The molecule has 0 unspecified atom stereocenters. The highest BCUT2D eigenvalue weighted by molar-refractivity contribution is 5.96. The molecule has 1 aromatic rings.